The van der Waals surface area contributed by atoms with Crippen molar-refractivity contribution in [2.45, 2.75) is 25.7 Å². The second-order valence-electron chi connectivity index (χ2n) is 6.14. The van der Waals surface area contributed by atoms with Crippen LogP contribution in [0, 0.1) is 17.7 Å². The molecule has 0 atom stereocenters. The van der Waals surface area contributed by atoms with E-state index in [0.717, 1.165) is 19.2 Å². The van der Waals surface area contributed by atoms with E-state index < -0.39 is 5.97 Å². The predicted octanol–water partition coefficient (Wildman–Crippen LogP) is 3.55. The van der Waals surface area contributed by atoms with Crippen LogP contribution in [-0.2, 0) is 4.79 Å². The van der Waals surface area contributed by atoms with Gasteiger partial charge in [0.05, 0.1) is 5.69 Å². The molecule has 0 bridgehead atoms. The summed E-state index contributed by atoms with van der Waals surface area (Å²) in [6, 6.07) is 4.87. The fourth-order valence-electron chi connectivity index (χ4n) is 2.64. The van der Waals surface area contributed by atoms with Crippen molar-refractivity contribution in [3.8, 4) is 0 Å². The molecule has 1 N–H and O–H groups in total. The number of hydrogen-bond acceptors (Lipinski definition) is 2. The van der Waals surface area contributed by atoms with Gasteiger partial charge in [-0.2, -0.15) is 0 Å². The summed E-state index contributed by atoms with van der Waals surface area (Å²) in [5.41, 5.74) is 1.22. The molecule has 0 radical (unpaired) electrons. The first-order valence-electron chi connectivity index (χ1n) is 7.58. The van der Waals surface area contributed by atoms with Gasteiger partial charge in [-0.15, -0.1) is 0 Å². The average Bonchev–Trinajstić information content (AvgIpc) is 3.31. The summed E-state index contributed by atoms with van der Waals surface area (Å²) in [6.45, 7) is 1.76. The molecule has 112 valence electrons. The number of para-hydroxylation sites is 1. The number of halogens is 1. The van der Waals surface area contributed by atoms with E-state index in [2.05, 4.69) is 4.90 Å². The Hall–Kier alpha value is -1.84. The van der Waals surface area contributed by atoms with E-state index in [1.165, 1.54) is 37.8 Å². The van der Waals surface area contributed by atoms with Crippen LogP contribution < -0.4 is 4.90 Å². The maximum absolute atomic E-state index is 14.3. The van der Waals surface area contributed by atoms with Crippen LogP contribution in [0.25, 0.3) is 6.08 Å². The zero-order valence-electron chi connectivity index (χ0n) is 12.0. The molecule has 2 saturated carbocycles. The Morgan fingerprint density at radius 2 is 1.86 bits per heavy atom. The maximum Gasteiger partial charge on any atom is 0.328 e. The monoisotopic (exact) mass is 289 g/mol. The molecular weight excluding hydrogens is 269 g/mol. The van der Waals surface area contributed by atoms with Crippen molar-refractivity contribution in [3.63, 3.8) is 0 Å². The molecule has 2 aliphatic carbocycles. The van der Waals surface area contributed by atoms with E-state index in [1.54, 1.807) is 12.1 Å². The quantitative estimate of drug-likeness (QED) is 0.780. The molecular formula is C17H20FNO2. The van der Waals surface area contributed by atoms with Crippen molar-refractivity contribution in [2.75, 3.05) is 18.0 Å². The second kappa shape index (κ2) is 5.88. The van der Waals surface area contributed by atoms with Gasteiger partial charge in [0, 0.05) is 24.7 Å². The highest BCUT2D eigenvalue weighted by atomic mass is 19.1. The Bertz CT molecular complexity index is 548. The minimum atomic E-state index is -1.01. The fraction of sp³-hybridized carbons (Fsp3) is 0.471. The molecule has 0 unspecified atom stereocenters. The lowest BCUT2D eigenvalue weighted by molar-refractivity contribution is -0.131. The van der Waals surface area contributed by atoms with Gasteiger partial charge >= 0.3 is 5.97 Å². The van der Waals surface area contributed by atoms with Crippen molar-refractivity contribution in [2.24, 2.45) is 11.8 Å². The summed E-state index contributed by atoms with van der Waals surface area (Å²) in [4.78, 5) is 12.9. The van der Waals surface area contributed by atoms with E-state index in [9.17, 15) is 9.18 Å². The summed E-state index contributed by atoms with van der Waals surface area (Å²) in [5.74, 6) is 0.0595. The summed E-state index contributed by atoms with van der Waals surface area (Å²) >= 11 is 0. The van der Waals surface area contributed by atoms with Crippen LogP contribution in [0.4, 0.5) is 10.1 Å². The zero-order chi connectivity index (χ0) is 14.8. The van der Waals surface area contributed by atoms with Crippen LogP contribution in [0.5, 0.6) is 0 Å². The van der Waals surface area contributed by atoms with Crippen LogP contribution in [0.2, 0.25) is 0 Å². The highest BCUT2D eigenvalue weighted by Gasteiger charge is 2.31. The Labute approximate surface area is 124 Å². The number of anilines is 1. The molecule has 0 spiro atoms. The third kappa shape index (κ3) is 3.84. The van der Waals surface area contributed by atoms with Crippen molar-refractivity contribution >= 4 is 17.7 Å². The topological polar surface area (TPSA) is 40.5 Å². The molecule has 3 rings (SSSR count). The molecule has 3 nitrogen and oxygen atoms in total. The standard InChI is InChI=1S/C17H20FNO2/c18-15-3-1-2-14(8-9-16(20)21)17(15)19(10-12-4-5-12)11-13-6-7-13/h1-3,8-9,12-13H,4-7,10-11H2,(H,20,21)/b9-8+. The number of carboxylic acid groups (broad SMARTS) is 1. The van der Waals surface area contributed by atoms with Crippen molar-refractivity contribution in [1.29, 1.82) is 0 Å². The Morgan fingerprint density at radius 3 is 2.38 bits per heavy atom. The van der Waals surface area contributed by atoms with Gasteiger partial charge in [-0.1, -0.05) is 12.1 Å². The highest BCUT2D eigenvalue weighted by Crippen LogP contribution is 2.37. The van der Waals surface area contributed by atoms with Gasteiger partial charge in [0.15, 0.2) is 0 Å². The van der Waals surface area contributed by atoms with Crippen LogP contribution in [0.1, 0.15) is 31.2 Å². The van der Waals surface area contributed by atoms with Crippen LogP contribution >= 0.6 is 0 Å². The maximum atomic E-state index is 14.3. The van der Waals surface area contributed by atoms with Gasteiger partial charge < -0.3 is 10.0 Å². The first kappa shape index (κ1) is 14.1. The third-order valence-corrected chi connectivity index (χ3v) is 4.09. The lowest BCUT2D eigenvalue weighted by Gasteiger charge is -2.27. The van der Waals surface area contributed by atoms with Gasteiger partial charge in [-0.05, 0) is 49.7 Å². The number of aliphatic carboxylic acids is 1. The minimum absolute atomic E-state index is 0.260. The van der Waals surface area contributed by atoms with Gasteiger partial charge in [0.2, 0.25) is 0 Å². The lowest BCUT2D eigenvalue weighted by atomic mass is 10.1. The molecule has 0 heterocycles. The van der Waals surface area contributed by atoms with E-state index in [-0.39, 0.29) is 5.82 Å². The van der Waals surface area contributed by atoms with E-state index in [0.29, 0.717) is 23.1 Å². The molecule has 21 heavy (non-hydrogen) atoms. The van der Waals surface area contributed by atoms with Gasteiger partial charge in [0.25, 0.3) is 0 Å². The average molecular weight is 289 g/mol. The number of nitrogens with zero attached hydrogens (tertiary/aromatic N) is 1. The minimum Gasteiger partial charge on any atom is -0.478 e. The number of hydrogen-bond donors (Lipinski definition) is 1. The molecule has 0 aromatic heterocycles. The summed E-state index contributed by atoms with van der Waals surface area (Å²) in [7, 11) is 0. The first-order valence-corrected chi connectivity index (χ1v) is 7.58. The Kier molecular flexibility index (Phi) is 3.95. The third-order valence-electron chi connectivity index (χ3n) is 4.09. The molecule has 2 fully saturated rings. The summed E-state index contributed by atoms with van der Waals surface area (Å²) in [5, 5.41) is 8.79. The van der Waals surface area contributed by atoms with Crippen LogP contribution in [0.3, 0.4) is 0 Å². The Morgan fingerprint density at radius 1 is 1.24 bits per heavy atom. The largest absolute Gasteiger partial charge is 0.478 e. The smallest absolute Gasteiger partial charge is 0.328 e. The van der Waals surface area contributed by atoms with E-state index in [4.69, 9.17) is 5.11 Å². The van der Waals surface area contributed by atoms with Gasteiger partial charge in [0.1, 0.15) is 5.82 Å². The molecule has 1 aromatic rings. The fourth-order valence-corrected chi connectivity index (χ4v) is 2.64. The molecule has 0 saturated heterocycles. The first-order chi connectivity index (χ1) is 10.1. The van der Waals surface area contributed by atoms with Crippen molar-refractivity contribution in [3.05, 3.63) is 35.7 Å². The van der Waals surface area contributed by atoms with E-state index in [1.807, 2.05) is 0 Å². The summed E-state index contributed by atoms with van der Waals surface area (Å²) in [6.07, 6.45) is 7.44. The molecule has 4 heteroatoms. The SMILES string of the molecule is O=C(O)/C=C/c1cccc(F)c1N(CC1CC1)CC1CC1. The number of benzene rings is 1. The second-order valence-corrected chi connectivity index (χ2v) is 6.14. The molecule has 0 aliphatic heterocycles. The van der Waals surface area contributed by atoms with Gasteiger partial charge in [-0.3, -0.25) is 0 Å². The van der Waals surface area contributed by atoms with Crippen molar-refractivity contribution in [1.82, 2.24) is 0 Å². The molecule has 2 aliphatic rings. The van der Waals surface area contributed by atoms with Gasteiger partial charge in [-0.25, -0.2) is 9.18 Å². The molecule has 0 amide bonds. The molecule has 1 aromatic carbocycles. The zero-order valence-corrected chi connectivity index (χ0v) is 12.0. The van der Waals surface area contributed by atoms with Crippen molar-refractivity contribution < 1.29 is 14.3 Å². The number of carboxylic acids is 1. The van der Waals surface area contributed by atoms with Crippen LogP contribution in [0.15, 0.2) is 24.3 Å². The normalized spacial score (nSPS) is 18.1. The number of rotatable bonds is 7. The van der Waals surface area contributed by atoms with Crippen LogP contribution in [-0.4, -0.2) is 24.2 Å². The highest BCUT2D eigenvalue weighted by molar-refractivity contribution is 5.87. The predicted molar refractivity (Wildman–Crippen MR) is 80.7 cm³/mol. The number of carbonyl (C=O) groups is 1. The summed E-state index contributed by atoms with van der Waals surface area (Å²) < 4.78 is 14.3. The Balaban J connectivity index is 1.89. The van der Waals surface area contributed by atoms with E-state index >= 15 is 0 Å². The lowest BCUT2D eigenvalue weighted by Crippen LogP contribution is -2.29.